The van der Waals surface area contributed by atoms with Crippen molar-refractivity contribution in [3.8, 4) is 0 Å². The summed E-state index contributed by atoms with van der Waals surface area (Å²) in [6, 6.07) is 2.01. The van der Waals surface area contributed by atoms with Gasteiger partial charge in [-0.05, 0) is 34.8 Å². The molecular weight excluding hydrogens is 319 g/mol. The summed E-state index contributed by atoms with van der Waals surface area (Å²) in [5.74, 6) is 0.419. The molecule has 0 spiro atoms. The second-order valence-corrected chi connectivity index (χ2v) is 6.66. The van der Waals surface area contributed by atoms with Crippen LogP contribution < -0.4 is 0 Å². The average molecular weight is 330 g/mol. The zero-order valence-corrected chi connectivity index (χ0v) is 11.9. The van der Waals surface area contributed by atoms with E-state index in [1.54, 1.807) is 11.3 Å². The van der Waals surface area contributed by atoms with Gasteiger partial charge in [-0.15, -0.1) is 22.9 Å². The Morgan fingerprint density at radius 3 is 2.93 bits per heavy atom. The van der Waals surface area contributed by atoms with Gasteiger partial charge in [-0.1, -0.05) is 11.6 Å². The third kappa shape index (κ3) is 2.89. The van der Waals surface area contributed by atoms with Gasteiger partial charge in [0.25, 0.3) is 0 Å². The lowest BCUT2D eigenvalue weighted by atomic mass is 9.97. The Morgan fingerprint density at radius 2 is 2.40 bits per heavy atom. The highest BCUT2D eigenvalue weighted by atomic mass is 79.9. The number of rotatable bonds is 2. The number of thiophene rings is 1. The van der Waals surface area contributed by atoms with Gasteiger partial charge in [0.2, 0.25) is 0 Å². The maximum absolute atomic E-state index is 6.42. The van der Waals surface area contributed by atoms with Crippen LogP contribution in [-0.4, -0.2) is 13.2 Å². The van der Waals surface area contributed by atoms with E-state index in [-0.39, 0.29) is 5.38 Å². The minimum absolute atomic E-state index is 0.0269. The van der Waals surface area contributed by atoms with E-state index in [9.17, 15) is 0 Å². The summed E-state index contributed by atoms with van der Waals surface area (Å²) in [7, 11) is 0. The predicted molar refractivity (Wildman–Crippen MR) is 69.2 cm³/mol. The van der Waals surface area contributed by atoms with Crippen molar-refractivity contribution >= 4 is 50.5 Å². The first-order chi connectivity index (χ1) is 7.18. The SMILES string of the molecule is Clc1sc(C(Cl)C2CCCOC2)cc1Br. The van der Waals surface area contributed by atoms with E-state index in [1.165, 1.54) is 0 Å². The van der Waals surface area contributed by atoms with E-state index in [0.29, 0.717) is 5.92 Å². The molecule has 0 aliphatic carbocycles. The zero-order valence-electron chi connectivity index (χ0n) is 8.01. The molecule has 1 aliphatic rings. The molecule has 1 fully saturated rings. The number of hydrogen-bond donors (Lipinski definition) is 0. The summed E-state index contributed by atoms with van der Waals surface area (Å²) in [4.78, 5) is 1.13. The van der Waals surface area contributed by atoms with Crippen molar-refractivity contribution in [1.29, 1.82) is 0 Å². The normalized spacial score (nSPS) is 24.1. The molecule has 0 radical (unpaired) electrons. The number of ether oxygens (including phenoxy) is 1. The van der Waals surface area contributed by atoms with Crippen LogP contribution in [-0.2, 0) is 4.74 Å². The van der Waals surface area contributed by atoms with Crippen molar-refractivity contribution in [2.24, 2.45) is 5.92 Å². The van der Waals surface area contributed by atoms with Crippen molar-refractivity contribution in [3.63, 3.8) is 0 Å². The summed E-state index contributed by atoms with van der Waals surface area (Å²) >= 11 is 17.4. The second kappa shape index (κ2) is 5.37. The molecule has 1 aliphatic heterocycles. The third-order valence-corrected chi connectivity index (χ3v) is 5.82. The fourth-order valence-corrected chi connectivity index (χ4v) is 3.93. The van der Waals surface area contributed by atoms with Crippen LogP contribution in [0.1, 0.15) is 23.1 Å². The predicted octanol–water partition coefficient (Wildman–Crippen LogP) is 4.87. The minimum Gasteiger partial charge on any atom is -0.381 e. The molecule has 5 heteroatoms. The highest BCUT2D eigenvalue weighted by Crippen LogP contribution is 2.42. The average Bonchev–Trinajstić information content (AvgIpc) is 2.59. The molecule has 1 saturated heterocycles. The Labute approximate surface area is 112 Å². The van der Waals surface area contributed by atoms with Gasteiger partial charge in [-0.25, -0.2) is 0 Å². The van der Waals surface area contributed by atoms with Gasteiger partial charge in [0.15, 0.2) is 0 Å². The topological polar surface area (TPSA) is 9.23 Å². The van der Waals surface area contributed by atoms with Gasteiger partial charge in [-0.3, -0.25) is 0 Å². The maximum atomic E-state index is 6.42. The first kappa shape index (κ1) is 12.2. The molecule has 2 atom stereocenters. The zero-order chi connectivity index (χ0) is 10.8. The molecule has 1 aromatic rings. The van der Waals surface area contributed by atoms with Crippen LogP contribution in [0.5, 0.6) is 0 Å². The van der Waals surface area contributed by atoms with Crippen LogP contribution in [0, 0.1) is 5.92 Å². The highest BCUT2D eigenvalue weighted by molar-refractivity contribution is 9.10. The highest BCUT2D eigenvalue weighted by Gasteiger charge is 2.25. The Hall–Kier alpha value is 0.720. The van der Waals surface area contributed by atoms with Crippen LogP contribution in [0.4, 0.5) is 0 Å². The van der Waals surface area contributed by atoms with Crippen molar-refractivity contribution < 1.29 is 4.74 Å². The molecule has 2 heterocycles. The molecule has 0 N–H and O–H groups in total. The Bertz CT molecular complexity index is 317. The van der Waals surface area contributed by atoms with Gasteiger partial charge in [-0.2, -0.15) is 0 Å². The van der Waals surface area contributed by atoms with Gasteiger partial charge in [0.05, 0.1) is 12.0 Å². The summed E-state index contributed by atoms with van der Waals surface area (Å²) in [5, 5.41) is 0.0269. The fraction of sp³-hybridized carbons (Fsp3) is 0.600. The number of halogens is 3. The molecule has 0 aromatic carbocycles. The van der Waals surface area contributed by atoms with E-state index in [0.717, 1.165) is 39.7 Å². The van der Waals surface area contributed by atoms with Crippen molar-refractivity contribution in [3.05, 3.63) is 19.8 Å². The van der Waals surface area contributed by atoms with Crippen molar-refractivity contribution in [2.75, 3.05) is 13.2 Å². The van der Waals surface area contributed by atoms with Gasteiger partial charge in [0, 0.05) is 21.9 Å². The molecule has 1 nitrogen and oxygen atoms in total. The van der Waals surface area contributed by atoms with E-state index >= 15 is 0 Å². The van der Waals surface area contributed by atoms with E-state index in [2.05, 4.69) is 15.9 Å². The fourth-order valence-electron chi connectivity index (χ4n) is 1.73. The smallest absolute Gasteiger partial charge is 0.107 e. The lowest BCUT2D eigenvalue weighted by Crippen LogP contribution is -2.20. The number of hydrogen-bond acceptors (Lipinski definition) is 2. The van der Waals surface area contributed by atoms with Crippen LogP contribution in [0.3, 0.4) is 0 Å². The van der Waals surface area contributed by atoms with Crippen LogP contribution in [0.2, 0.25) is 4.34 Å². The van der Waals surface area contributed by atoms with Crippen LogP contribution in [0.25, 0.3) is 0 Å². The quantitative estimate of drug-likeness (QED) is 0.703. The van der Waals surface area contributed by atoms with Crippen molar-refractivity contribution in [2.45, 2.75) is 18.2 Å². The Kier molecular flexibility index (Phi) is 4.36. The minimum atomic E-state index is 0.0269. The maximum Gasteiger partial charge on any atom is 0.107 e. The van der Waals surface area contributed by atoms with Gasteiger partial charge in [0.1, 0.15) is 4.34 Å². The second-order valence-electron chi connectivity index (χ2n) is 3.65. The molecule has 0 saturated carbocycles. The first-order valence-electron chi connectivity index (χ1n) is 4.85. The van der Waals surface area contributed by atoms with E-state index < -0.39 is 0 Å². The molecule has 2 rings (SSSR count). The molecule has 84 valence electrons. The first-order valence-corrected chi connectivity index (χ1v) is 7.27. The molecule has 0 bridgehead atoms. The summed E-state index contributed by atoms with van der Waals surface area (Å²) in [6.07, 6.45) is 2.25. The summed E-state index contributed by atoms with van der Waals surface area (Å²) in [6.45, 7) is 1.64. The lowest BCUT2D eigenvalue weighted by Gasteiger charge is -2.25. The van der Waals surface area contributed by atoms with E-state index in [4.69, 9.17) is 27.9 Å². The van der Waals surface area contributed by atoms with Gasteiger partial charge >= 0.3 is 0 Å². The molecular formula is C10H11BrCl2OS. The summed E-state index contributed by atoms with van der Waals surface area (Å²) < 4.78 is 7.14. The van der Waals surface area contributed by atoms with E-state index in [1.807, 2.05) is 6.07 Å². The Morgan fingerprint density at radius 1 is 1.60 bits per heavy atom. The van der Waals surface area contributed by atoms with Crippen LogP contribution in [0.15, 0.2) is 10.5 Å². The Balaban J connectivity index is 2.08. The monoisotopic (exact) mass is 328 g/mol. The molecule has 2 unspecified atom stereocenters. The number of alkyl halides is 1. The molecule has 0 amide bonds. The lowest BCUT2D eigenvalue weighted by molar-refractivity contribution is 0.0534. The molecule has 15 heavy (non-hydrogen) atoms. The standard InChI is InChI=1S/C10H11BrCl2OS/c11-7-4-8(15-10(7)13)9(12)6-2-1-3-14-5-6/h4,6,9H,1-3,5H2. The van der Waals surface area contributed by atoms with Crippen molar-refractivity contribution in [1.82, 2.24) is 0 Å². The summed E-state index contributed by atoms with van der Waals surface area (Å²) in [5.41, 5.74) is 0. The van der Waals surface area contributed by atoms with Gasteiger partial charge < -0.3 is 4.74 Å². The third-order valence-electron chi connectivity index (χ3n) is 2.55. The van der Waals surface area contributed by atoms with Crippen LogP contribution >= 0.6 is 50.5 Å². The molecule has 1 aromatic heterocycles. The largest absolute Gasteiger partial charge is 0.381 e.